The Morgan fingerprint density at radius 1 is 1.07 bits per heavy atom. The van der Waals surface area contributed by atoms with Gasteiger partial charge in [0.1, 0.15) is 0 Å². The molecule has 0 radical (unpaired) electrons. The van der Waals surface area contributed by atoms with E-state index in [1.54, 1.807) is 0 Å². The van der Waals surface area contributed by atoms with Gasteiger partial charge in [0.15, 0.2) is 0 Å². The van der Waals surface area contributed by atoms with Crippen LogP contribution in [-0.4, -0.2) is 54.2 Å². The number of nitrogens with zero attached hydrogens (tertiary/aromatic N) is 1. The van der Waals surface area contributed by atoms with Crippen molar-refractivity contribution >= 4 is 10.3 Å². The van der Waals surface area contributed by atoms with Crippen molar-refractivity contribution in [3.63, 3.8) is 0 Å². The average molecular weight is 247 g/mol. The van der Waals surface area contributed by atoms with Gasteiger partial charge in [-0.2, -0.15) is 8.42 Å². The monoisotopic (exact) mass is 247 g/mol. The lowest BCUT2D eigenvalue weighted by Gasteiger charge is -2.15. The van der Waals surface area contributed by atoms with Crippen molar-refractivity contribution in [1.29, 1.82) is 0 Å². The molecule has 0 unspecified atom stereocenters. The predicted octanol–water partition coefficient (Wildman–Crippen LogP) is -1.03. The number of rotatable bonds is 7. The maximum Gasteiger partial charge on any atom is 0.382 e. The van der Waals surface area contributed by atoms with Gasteiger partial charge in [0.2, 0.25) is 0 Å². The van der Waals surface area contributed by atoms with Crippen molar-refractivity contribution in [3.8, 4) is 0 Å². The highest BCUT2D eigenvalue weighted by atomic mass is 32.2. The van der Waals surface area contributed by atoms with Crippen LogP contribution in [-0.2, 0) is 20.0 Å². The van der Waals surface area contributed by atoms with E-state index in [4.69, 9.17) is 14.8 Å². The summed E-state index contributed by atoms with van der Waals surface area (Å²) in [4.78, 5) is 8.54. The highest BCUT2D eigenvalue weighted by Gasteiger charge is 2.20. The summed E-state index contributed by atoms with van der Waals surface area (Å²) in [5.74, 6) is 0. The number of hydrogen-bond acceptors (Lipinski definition) is 6. The minimum atomic E-state index is -4.64. The van der Waals surface area contributed by atoms with E-state index in [-0.39, 0.29) is 17.8 Å². The lowest BCUT2D eigenvalue weighted by molar-refractivity contribution is -0.309. The van der Waals surface area contributed by atoms with Gasteiger partial charge in [-0.3, -0.25) is 14.2 Å². The first-order valence-corrected chi connectivity index (χ1v) is 5.67. The molecule has 0 aliphatic rings. The molecular weight excluding hydrogens is 230 g/mol. The van der Waals surface area contributed by atoms with E-state index in [2.05, 4.69) is 9.68 Å². The fourth-order valence-corrected chi connectivity index (χ4v) is 0.817. The zero-order chi connectivity index (χ0) is 12.3. The van der Waals surface area contributed by atoms with Gasteiger partial charge in [-0.25, -0.2) is 0 Å². The molecule has 0 saturated heterocycles. The van der Waals surface area contributed by atoms with Crippen molar-refractivity contribution in [2.75, 3.05) is 26.4 Å². The molecule has 0 aromatic heterocycles. The molecule has 0 aromatic carbocycles. The van der Waals surface area contributed by atoms with Crippen LogP contribution >= 0.6 is 0 Å². The van der Waals surface area contributed by atoms with Gasteiger partial charge in [0.25, 0.3) is 0 Å². The minimum absolute atomic E-state index is 0.181. The Morgan fingerprint density at radius 3 is 1.60 bits per heavy atom. The summed E-state index contributed by atoms with van der Waals surface area (Å²) in [6.45, 7) is 2.42. The third kappa shape index (κ3) is 10.0. The predicted molar refractivity (Wildman–Crippen MR) is 50.8 cm³/mol. The fourth-order valence-electron chi connectivity index (χ4n) is 0.401. The Morgan fingerprint density at radius 2 is 1.40 bits per heavy atom. The molecule has 0 aromatic rings. The van der Waals surface area contributed by atoms with Crippen LogP contribution in [0.4, 0.5) is 0 Å². The first-order valence-electron chi connectivity index (χ1n) is 4.27. The number of hydrogen-bond donors (Lipinski definition) is 3. The minimum Gasteiger partial charge on any atom is -0.394 e. The van der Waals surface area contributed by atoms with Crippen molar-refractivity contribution in [1.82, 2.24) is 4.63 Å². The van der Waals surface area contributed by atoms with Gasteiger partial charge in [0, 0.05) is 0 Å². The molecule has 0 saturated carbocycles. The topological polar surface area (TPSA) is 117 Å². The lowest BCUT2D eigenvalue weighted by Crippen LogP contribution is -2.32. The summed E-state index contributed by atoms with van der Waals surface area (Å²) < 4.78 is 29.1. The normalized spacial score (nSPS) is 11.1. The zero-order valence-corrected chi connectivity index (χ0v) is 9.48. The molecule has 3 N–H and O–H groups in total. The third-order valence-electron chi connectivity index (χ3n) is 0.764. The molecule has 8 nitrogen and oxygen atoms in total. The molecule has 0 spiro atoms. The smallest absolute Gasteiger partial charge is 0.382 e. The number of aliphatic hydroxyl groups excluding tert-OH is 2. The van der Waals surface area contributed by atoms with E-state index in [0.29, 0.717) is 0 Å². The van der Waals surface area contributed by atoms with Crippen molar-refractivity contribution in [2.24, 2.45) is 0 Å². The van der Waals surface area contributed by atoms with E-state index >= 15 is 0 Å². The maximum absolute atomic E-state index is 10.4. The second kappa shape index (κ2) is 10.2. The summed E-state index contributed by atoms with van der Waals surface area (Å²) in [6.07, 6.45) is 0. The Balaban J connectivity index is 0. The maximum atomic E-state index is 10.4. The molecule has 9 heteroatoms. The van der Waals surface area contributed by atoms with Crippen molar-refractivity contribution in [3.05, 3.63) is 0 Å². The van der Waals surface area contributed by atoms with Crippen LogP contribution in [0.15, 0.2) is 0 Å². The Bertz CT molecular complexity index is 210. The summed E-state index contributed by atoms with van der Waals surface area (Å²) in [7, 11) is -4.64. The second-order valence-corrected chi connectivity index (χ2v) is 2.98. The summed E-state index contributed by atoms with van der Waals surface area (Å²) in [6, 6.07) is 0. The molecule has 15 heavy (non-hydrogen) atoms. The molecule has 94 valence electrons. The molecule has 0 bridgehead atoms. The van der Waals surface area contributed by atoms with Crippen LogP contribution in [0.25, 0.3) is 0 Å². The largest absolute Gasteiger partial charge is 0.394 e. The van der Waals surface area contributed by atoms with Crippen LogP contribution in [0.3, 0.4) is 0 Å². The summed E-state index contributed by atoms with van der Waals surface area (Å²) >= 11 is 0. The standard InChI is InChI=1S/C4H11NO7S.C2H6/c6-1-3-11-5(12-4-2-7)13(8,9)10;1-2/h6-7H,1-4H2,(H,8,9,10);1-2H3. The van der Waals surface area contributed by atoms with Crippen LogP contribution in [0.5, 0.6) is 0 Å². The molecule has 0 aliphatic heterocycles. The Labute approximate surface area is 88.8 Å². The second-order valence-electron chi connectivity index (χ2n) is 1.79. The van der Waals surface area contributed by atoms with Crippen LogP contribution in [0.1, 0.15) is 13.8 Å². The molecule has 0 aliphatic carbocycles. The first kappa shape index (κ1) is 17.1. The van der Waals surface area contributed by atoms with Gasteiger partial charge in [0.05, 0.1) is 31.1 Å². The third-order valence-corrected chi connectivity index (χ3v) is 1.35. The van der Waals surface area contributed by atoms with Crippen LogP contribution < -0.4 is 0 Å². The van der Waals surface area contributed by atoms with Crippen LogP contribution in [0.2, 0.25) is 0 Å². The van der Waals surface area contributed by atoms with Gasteiger partial charge in [-0.05, 0) is 0 Å². The van der Waals surface area contributed by atoms with Crippen LogP contribution in [0, 0.1) is 0 Å². The van der Waals surface area contributed by atoms with E-state index < -0.39 is 23.5 Å². The lowest BCUT2D eigenvalue weighted by atomic mass is 10.8. The summed E-state index contributed by atoms with van der Waals surface area (Å²) in [5.41, 5.74) is 0. The number of aliphatic hydroxyl groups is 2. The van der Waals surface area contributed by atoms with Crippen molar-refractivity contribution < 1.29 is 32.9 Å². The highest BCUT2D eigenvalue weighted by molar-refractivity contribution is 7.83. The Hall–Kier alpha value is -0.290. The first-order chi connectivity index (χ1) is 7.02. The van der Waals surface area contributed by atoms with E-state index in [0.717, 1.165) is 0 Å². The Kier molecular flexibility index (Phi) is 11.7. The average Bonchev–Trinajstić information content (AvgIpc) is 2.19. The molecular formula is C6H17NO7S. The van der Waals surface area contributed by atoms with Gasteiger partial charge >= 0.3 is 10.3 Å². The fraction of sp³-hybridized carbons (Fsp3) is 1.00. The van der Waals surface area contributed by atoms with Gasteiger partial charge < -0.3 is 10.2 Å². The van der Waals surface area contributed by atoms with E-state index in [9.17, 15) is 8.42 Å². The van der Waals surface area contributed by atoms with Crippen molar-refractivity contribution in [2.45, 2.75) is 13.8 Å². The highest BCUT2D eigenvalue weighted by Crippen LogP contribution is 1.99. The molecule has 0 rings (SSSR count). The molecule has 0 atom stereocenters. The quantitative estimate of drug-likeness (QED) is 0.389. The molecule has 0 heterocycles. The zero-order valence-electron chi connectivity index (χ0n) is 8.66. The SMILES string of the molecule is CC.O=S(=O)(O)N(OCCO)OCCO. The molecule has 0 amide bonds. The summed E-state index contributed by atoms with van der Waals surface area (Å²) in [5, 5.41) is 16.5. The van der Waals surface area contributed by atoms with E-state index in [1.807, 2.05) is 13.8 Å². The molecule has 0 fully saturated rings. The van der Waals surface area contributed by atoms with Gasteiger partial charge in [-0.15, -0.1) is 0 Å². The van der Waals surface area contributed by atoms with E-state index in [1.165, 1.54) is 0 Å². The van der Waals surface area contributed by atoms with Gasteiger partial charge in [-0.1, -0.05) is 13.8 Å².